The van der Waals surface area contributed by atoms with Gasteiger partial charge in [-0.3, -0.25) is 0 Å². The van der Waals surface area contributed by atoms with Crippen LogP contribution in [0.1, 0.15) is 25.0 Å². The molecule has 1 heterocycles. The topological polar surface area (TPSA) is 12.9 Å². The van der Waals surface area contributed by atoms with Gasteiger partial charge in [0.15, 0.2) is 0 Å². The Bertz CT molecular complexity index is 3090. The molecule has 0 saturated heterocycles. The summed E-state index contributed by atoms with van der Waals surface area (Å²) in [6.45, 7) is 4.75. The van der Waals surface area contributed by atoms with Crippen molar-refractivity contribution in [2.75, 3.05) is 0 Å². The van der Waals surface area contributed by atoms with Crippen LogP contribution in [0.5, 0.6) is 0 Å². The Hall–Kier alpha value is -6.57. The van der Waals surface area contributed by atoms with Gasteiger partial charge < -0.3 is 0 Å². The van der Waals surface area contributed by atoms with Gasteiger partial charge in [-0.15, -0.1) is 0 Å². The van der Waals surface area contributed by atoms with Crippen LogP contribution in [-0.4, -0.2) is 4.98 Å². The maximum atomic E-state index is 5.15. The quantitative estimate of drug-likeness (QED) is 0.170. The van der Waals surface area contributed by atoms with Crippen molar-refractivity contribution in [3.05, 3.63) is 187 Å². The summed E-state index contributed by atoms with van der Waals surface area (Å²) < 4.78 is 0. The van der Waals surface area contributed by atoms with Crippen LogP contribution in [0.2, 0.25) is 0 Å². The molecular weight excluding hydrogens is 639 g/mol. The van der Waals surface area contributed by atoms with Crippen LogP contribution < -0.4 is 0 Å². The van der Waals surface area contributed by atoms with Crippen LogP contribution in [0, 0.1) is 0 Å². The van der Waals surface area contributed by atoms with Gasteiger partial charge in [0.25, 0.3) is 0 Å². The van der Waals surface area contributed by atoms with E-state index in [9.17, 15) is 0 Å². The molecule has 0 atom stereocenters. The van der Waals surface area contributed by atoms with E-state index in [4.69, 9.17) is 4.98 Å². The van der Waals surface area contributed by atoms with E-state index in [2.05, 4.69) is 190 Å². The zero-order valence-corrected chi connectivity index (χ0v) is 29.7. The second-order valence-corrected chi connectivity index (χ2v) is 15.0. The highest BCUT2D eigenvalue weighted by atomic mass is 14.7. The maximum absolute atomic E-state index is 5.15. The molecule has 11 rings (SSSR count). The first-order valence-electron chi connectivity index (χ1n) is 18.6. The van der Waals surface area contributed by atoms with E-state index in [-0.39, 0.29) is 5.41 Å². The molecule has 0 aliphatic heterocycles. The highest BCUT2D eigenvalue weighted by Gasteiger charge is 2.37. The third-order valence-electron chi connectivity index (χ3n) is 11.8. The van der Waals surface area contributed by atoms with Crippen LogP contribution in [0.4, 0.5) is 0 Å². The van der Waals surface area contributed by atoms with E-state index < -0.39 is 0 Å². The molecule has 0 spiro atoms. The van der Waals surface area contributed by atoms with E-state index in [1.165, 1.54) is 98.7 Å². The first-order chi connectivity index (χ1) is 26.1. The zero-order chi connectivity index (χ0) is 35.3. The lowest BCUT2D eigenvalue weighted by molar-refractivity contribution is 0.660. The number of aromatic nitrogens is 1. The second kappa shape index (κ2) is 11.2. The summed E-state index contributed by atoms with van der Waals surface area (Å²) in [6.07, 6.45) is 0. The summed E-state index contributed by atoms with van der Waals surface area (Å²) in [7, 11) is 0. The van der Waals surface area contributed by atoms with E-state index in [0.717, 1.165) is 11.0 Å². The van der Waals surface area contributed by atoms with Gasteiger partial charge in [0.2, 0.25) is 0 Å². The van der Waals surface area contributed by atoms with E-state index in [1.807, 2.05) is 0 Å². The van der Waals surface area contributed by atoms with Crippen molar-refractivity contribution in [2.45, 2.75) is 19.3 Å². The molecule has 0 saturated carbocycles. The lowest BCUT2D eigenvalue weighted by Gasteiger charge is -2.23. The first-order valence-corrected chi connectivity index (χ1v) is 18.6. The van der Waals surface area contributed by atoms with Gasteiger partial charge >= 0.3 is 0 Å². The molecule has 9 aromatic carbocycles. The lowest BCUT2D eigenvalue weighted by atomic mass is 9.80. The Morgan fingerprint density at radius 3 is 1.62 bits per heavy atom. The van der Waals surface area contributed by atoms with Crippen molar-refractivity contribution >= 4 is 54.1 Å². The van der Waals surface area contributed by atoms with Crippen molar-refractivity contribution in [1.29, 1.82) is 0 Å². The molecule has 0 amide bonds. The smallest absolute Gasteiger partial charge is 0.0715 e. The summed E-state index contributed by atoms with van der Waals surface area (Å²) in [4.78, 5) is 5.15. The van der Waals surface area contributed by atoms with Crippen molar-refractivity contribution in [3.8, 4) is 44.5 Å². The predicted octanol–water partition coefficient (Wildman–Crippen LogP) is 14.2. The molecule has 1 aliphatic carbocycles. The van der Waals surface area contributed by atoms with E-state index in [1.54, 1.807) is 0 Å². The fraction of sp³-hybridized carbons (Fsp3) is 0.0577. The maximum Gasteiger partial charge on any atom is 0.0715 e. The highest BCUT2D eigenvalue weighted by molar-refractivity contribution is 6.28. The van der Waals surface area contributed by atoms with E-state index in [0.29, 0.717) is 0 Å². The number of hydrogen-bond acceptors (Lipinski definition) is 1. The van der Waals surface area contributed by atoms with Crippen LogP contribution in [-0.2, 0) is 5.41 Å². The summed E-state index contributed by atoms with van der Waals surface area (Å²) >= 11 is 0. The van der Waals surface area contributed by atoms with Gasteiger partial charge in [-0.05, 0) is 101 Å². The van der Waals surface area contributed by atoms with Gasteiger partial charge in [-0.2, -0.15) is 0 Å². The fourth-order valence-electron chi connectivity index (χ4n) is 9.45. The van der Waals surface area contributed by atoms with Gasteiger partial charge in [-0.1, -0.05) is 172 Å². The molecule has 0 unspecified atom stereocenters. The minimum atomic E-state index is -0.101. The Labute approximate surface area is 308 Å². The van der Waals surface area contributed by atoms with Crippen LogP contribution >= 0.6 is 0 Å². The van der Waals surface area contributed by atoms with Crippen LogP contribution in [0.25, 0.3) is 98.6 Å². The molecule has 1 aromatic heterocycles. The van der Waals surface area contributed by atoms with Crippen LogP contribution in [0.15, 0.2) is 176 Å². The van der Waals surface area contributed by atoms with Crippen molar-refractivity contribution in [3.63, 3.8) is 0 Å². The van der Waals surface area contributed by atoms with Gasteiger partial charge in [0.05, 0.1) is 11.0 Å². The fourth-order valence-corrected chi connectivity index (χ4v) is 9.45. The summed E-state index contributed by atoms with van der Waals surface area (Å²) in [5.41, 5.74) is 14.9. The Kier molecular flexibility index (Phi) is 6.37. The normalized spacial score (nSPS) is 13.2. The minimum Gasteiger partial charge on any atom is -0.248 e. The van der Waals surface area contributed by atoms with Crippen molar-refractivity contribution in [2.24, 2.45) is 0 Å². The third-order valence-corrected chi connectivity index (χ3v) is 11.8. The number of benzene rings is 9. The number of para-hydroxylation sites is 2. The molecule has 10 aromatic rings. The molecule has 1 aliphatic rings. The standard InChI is InChI=1S/C52H35N/c1-52(2)44-25-10-7-20-39(44)49-42(24-14-26-45(49)52)48-36-18-5-6-19-37(36)50(51-40-21-8-11-27-46(40)53-47-28-12-9-22-41(47)51)38-30-29-33(31-43(38)48)35-23-13-16-32-15-3-4-17-34(32)35/h3-31H,1-2H3. The molecule has 0 fully saturated rings. The Balaban J connectivity index is 1.35. The monoisotopic (exact) mass is 673 g/mol. The van der Waals surface area contributed by atoms with Gasteiger partial charge in [-0.25, -0.2) is 4.98 Å². The average molecular weight is 674 g/mol. The highest BCUT2D eigenvalue weighted by Crippen LogP contribution is 2.55. The van der Waals surface area contributed by atoms with Gasteiger partial charge in [0, 0.05) is 21.8 Å². The molecule has 0 bridgehead atoms. The zero-order valence-electron chi connectivity index (χ0n) is 29.7. The average Bonchev–Trinajstić information content (AvgIpc) is 3.45. The number of hydrogen-bond donors (Lipinski definition) is 0. The molecular formula is C52H35N. The first kappa shape index (κ1) is 30.1. The SMILES string of the molecule is CC1(C)c2ccccc2-c2c(-c3c4ccccc4c(-c4c5ccccc5nc5ccccc45)c4ccc(-c5cccc6ccccc56)cc34)cccc21. The summed E-state index contributed by atoms with van der Waals surface area (Å²) in [5, 5.41) is 9.85. The number of nitrogens with zero attached hydrogens (tertiary/aromatic N) is 1. The molecule has 0 N–H and O–H groups in total. The second-order valence-electron chi connectivity index (χ2n) is 15.0. The lowest BCUT2D eigenvalue weighted by Crippen LogP contribution is -2.14. The largest absolute Gasteiger partial charge is 0.248 e. The number of rotatable bonds is 3. The molecule has 1 heteroatoms. The third kappa shape index (κ3) is 4.28. The van der Waals surface area contributed by atoms with Crippen molar-refractivity contribution in [1.82, 2.24) is 4.98 Å². The van der Waals surface area contributed by atoms with Crippen molar-refractivity contribution < 1.29 is 0 Å². The molecule has 1 nitrogen and oxygen atoms in total. The number of pyridine rings is 1. The molecule has 0 radical (unpaired) electrons. The molecule has 53 heavy (non-hydrogen) atoms. The van der Waals surface area contributed by atoms with Gasteiger partial charge in [0.1, 0.15) is 0 Å². The Morgan fingerprint density at radius 1 is 0.340 bits per heavy atom. The predicted molar refractivity (Wildman–Crippen MR) is 226 cm³/mol. The summed E-state index contributed by atoms with van der Waals surface area (Å²) in [6, 6.07) is 64.9. The number of fused-ring (bicyclic) bond motifs is 8. The van der Waals surface area contributed by atoms with E-state index >= 15 is 0 Å². The van der Waals surface area contributed by atoms with Crippen LogP contribution in [0.3, 0.4) is 0 Å². The Morgan fingerprint density at radius 2 is 0.849 bits per heavy atom. The molecule has 248 valence electrons. The summed E-state index contributed by atoms with van der Waals surface area (Å²) in [5.74, 6) is 0. The minimum absolute atomic E-state index is 0.101.